The Morgan fingerprint density at radius 3 is 2.33 bits per heavy atom. The Kier molecular flexibility index (Phi) is 6.48. The Bertz CT molecular complexity index is 839. The summed E-state index contributed by atoms with van der Waals surface area (Å²) < 4.78 is 41.1. The van der Waals surface area contributed by atoms with Crippen molar-refractivity contribution in [2.24, 2.45) is 0 Å². The van der Waals surface area contributed by atoms with Gasteiger partial charge in [-0.25, -0.2) is 0 Å². The number of halogens is 4. The summed E-state index contributed by atoms with van der Waals surface area (Å²) in [4.78, 5) is 25.6. The number of nitrogens with zero attached hydrogens (tertiary/aromatic N) is 1. The predicted octanol–water partition coefficient (Wildman–Crippen LogP) is 4.37. The van der Waals surface area contributed by atoms with Crippen LogP contribution in [0.25, 0.3) is 0 Å². The van der Waals surface area contributed by atoms with Crippen LogP contribution in [0.1, 0.15) is 15.9 Å². The number of amides is 2. The van der Waals surface area contributed by atoms with Crippen LogP contribution in [-0.2, 0) is 4.79 Å². The Morgan fingerprint density at radius 2 is 1.78 bits per heavy atom. The topological polar surface area (TPSA) is 58.6 Å². The fraction of sp³-hybridized carbons (Fsp3) is 0.222. The molecule has 0 aromatic heterocycles. The van der Waals surface area contributed by atoms with E-state index < -0.39 is 23.9 Å². The summed E-state index contributed by atoms with van der Waals surface area (Å²) in [6, 6.07) is 9.85. The first kappa shape index (κ1) is 20.8. The number of nitrogens with one attached hydrogen (secondary N) is 1. The van der Waals surface area contributed by atoms with Crippen molar-refractivity contribution in [2.45, 2.75) is 13.3 Å². The number of hydrogen-bond acceptors (Lipinski definition) is 3. The molecule has 0 saturated heterocycles. The number of benzene rings is 2. The second kappa shape index (κ2) is 8.43. The molecule has 2 aromatic rings. The van der Waals surface area contributed by atoms with Gasteiger partial charge in [-0.05, 0) is 55.0 Å². The van der Waals surface area contributed by atoms with Gasteiger partial charge >= 0.3 is 6.36 Å². The molecule has 0 unspecified atom stereocenters. The lowest BCUT2D eigenvalue weighted by atomic mass is 10.2. The van der Waals surface area contributed by atoms with Crippen molar-refractivity contribution in [2.75, 3.05) is 18.9 Å². The summed E-state index contributed by atoms with van der Waals surface area (Å²) in [5.41, 5.74) is 1.62. The molecule has 5 nitrogen and oxygen atoms in total. The molecule has 27 heavy (non-hydrogen) atoms. The summed E-state index contributed by atoms with van der Waals surface area (Å²) in [5.74, 6) is -1.32. The van der Waals surface area contributed by atoms with Gasteiger partial charge < -0.3 is 15.0 Å². The van der Waals surface area contributed by atoms with E-state index in [1.807, 2.05) is 13.0 Å². The molecular weight excluding hydrogens is 429 g/mol. The third kappa shape index (κ3) is 6.28. The van der Waals surface area contributed by atoms with E-state index in [1.54, 1.807) is 12.1 Å². The normalized spacial score (nSPS) is 11.0. The number of hydrogen-bond donors (Lipinski definition) is 1. The molecule has 0 spiro atoms. The van der Waals surface area contributed by atoms with Gasteiger partial charge in [0.15, 0.2) is 0 Å². The van der Waals surface area contributed by atoms with Gasteiger partial charge in [0, 0.05) is 22.8 Å². The van der Waals surface area contributed by atoms with E-state index in [0.29, 0.717) is 5.69 Å². The van der Waals surface area contributed by atoms with Crippen LogP contribution >= 0.6 is 15.9 Å². The molecule has 1 N–H and O–H groups in total. The maximum Gasteiger partial charge on any atom is 0.573 e. The molecule has 144 valence electrons. The van der Waals surface area contributed by atoms with Crippen molar-refractivity contribution in [1.29, 1.82) is 0 Å². The first-order valence-corrected chi connectivity index (χ1v) is 8.52. The monoisotopic (exact) mass is 444 g/mol. The molecule has 0 radical (unpaired) electrons. The molecular formula is C18H16BrF3N2O3. The Balaban J connectivity index is 1.97. The minimum atomic E-state index is -4.80. The minimum absolute atomic E-state index is 0.139. The van der Waals surface area contributed by atoms with Gasteiger partial charge in [0.05, 0.1) is 6.54 Å². The zero-order valence-corrected chi connectivity index (χ0v) is 16.0. The van der Waals surface area contributed by atoms with Gasteiger partial charge in [-0.15, -0.1) is 13.2 Å². The largest absolute Gasteiger partial charge is 0.573 e. The molecule has 0 aliphatic heterocycles. The van der Waals surface area contributed by atoms with E-state index in [9.17, 15) is 22.8 Å². The lowest BCUT2D eigenvalue weighted by molar-refractivity contribution is -0.274. The number of carbonyl (C=O) groups excluding carboxylic acids is 2. The highest BCUT2D eigenvalue weighted by molar-refractivity contribution is 9.10. The molecule has 0 saturated carbocycles. The zero-order chi connectivity index (χ0) is 20.2. The summed E-state index contributed by atoms with van der Waals surface area (Å²) in [7, 11) is 1.43. The summed E-state index contributed by atoms with van der Waals surface area (Å²) >= 11 is 3.33. The molecule has 0 bridgehead atoms. The van der Waals surface area contributed by atoms with Crippen molar-refractivity contribution in [3.8, 4) is 5.75 Å². The second-order valence-corrected chi connectivity index (χ2v) is 6.66. The van der Waals surface area contributed by atoms with Crippen LogP contribution in [0, 0.1) is 6.92 Å². The zero-order valence-electron chi connectivity index (χ0n) is 14.4. The van der Waals surface area contributed by atoms with Crippen LogP contribution in [0.2, 0.25) is 0 Å². The standard InChI is InChI=1S/C18H16BrF3N2O3/c1-11-9-13(19)5-8-15(11)23-16(25)10-24(2)17(26)12-3-6-14(7-4-12)27-18(20,21)22/h3-9H,10H2,1-2H3,(H,23,25). The molecule has 2 amide bonds. The number of aryl methyl sites for hydroxylation is 1. The number of anilines is 1. The number of rotatable bonds is 5. The van der Waals surface area contributed by atoms with Crippen molar-refractivity contribution in [3.63, 3.8) is 0 Å². The minimum Gasteiger partial charge on any atom is -0.406 e. The van der Waals surface area contributed by atoms with Gasteiger partial charge in [-0.2, -0.15) is 0 Å². The summed E-state index contributed by atoms with van der Waals surface area (Å²) in [6.45, 7) is 1.62. The Labute approximate surface area is 162 Å². The van der Waals surface area contributed by atoms with E-state index in [2.05, 4.69) is 26.0 Å². The average Bonchev–Trinajstić information content (AvgIpc) is 2.56. The highest BCUT2D eigenvalue weighted by atomic mass is 79.9. The first-order chi connectivity index (χ1) is 12.5. The van der Waals surface area contributed by atoms with Crippen molar-refractivity contribution in [3.05, 3.63) is 58.1 Å². The van der Waals surface area contributed by atoms with Crippen molar-refractivity contribution in [1.82, 2.24) is 4.90 Å². The smallest absolute Gasteiger partial charge is 0.406 e. The average molecular weight is 445 g/mol. The van der Waals surface area contributed by atoms with E-state index >= 15 is 0 Å². The predicted molar refractivity (Wildman–Crippen MR) is 97.6 cm³/mol. The van der Waals surface area contributed by atoms with E-state index in [-0.39, 0.29) is 12.1 Å². The Hall–Kier alpha value is -2.55. The van der Waals surface area contributed by atoms with E-state index in [0.717, 1.165) is 22.2 Å². The number of alkyl halides is 3. The molecule has 9 heteroatoms. The van der Waals surface area contributed by atoms with Crippen LogP contribution in [0.3, 0.4) is 0 Å². The Morgan fingerprint density at radius 1 is 1.15 bits per heavy atom. The van der Waals surface area contributed by atoms with Crippen LogP contribution in [-0.4, -0.2) is 36.7 Å². The van der Waals surface area contributed by atoms with Gasteiger partial charge in [-0.1, -0.05) is 15.9 Å². The molecule has 2 rings (SSSR count). The fourth-order valence-electron chi connectivity index (χ4n) is 2.26. The lowest BCUT2D eigenvalue weighted by Gasteiger charge is -2.18. The second-order valence-electron chi connectivity index (χ2n) is 5.74. The third-order valence-corrected chi connectivity index (χ3v) is 4.02. The summed E-state index contributed by atoms with van der Waals surface area (Å²) in [6.07, 6.45) is -4.80. The van der Waals surface area contributed by atoms with Gasteiger partial charge in [0.1, 0.15) is 5.75 Å². The molecule has 0 atom stereocenters. The van der Waals surface area contributed by atoms with Crippen LogP contribution in [0.5, 0.6) is 5.75 Å². The maximum absolute atomic E-state index is 12.3. The third-order valence-electron chi connectivity index (χ3n) is 3.52. The van der Waals surface area contributed by atoms with Crippen molar-refractivity contribution < 1.29 is 27.5 Å². The fourth-order valence-corrected chi connectivity index (χ4v) is 2.74. The molecule has 2 aromatic carbocycles. The van der Waals surface area contributed by atoms with Gasteiger partial charge in [0.2, 0.25) is 5.91 Å². The molecule has 0 aliphatic carbocycles. The summed E-state index contributed by atoms with van der Waals surface area (Å²) in [5, 5.41) is 2.71. The van der Waals surface area contributed by atoms with Crippen LogP contribution in [0.4, 0.5) is 18.9 Å². The quantitative estimate of drug-likeness (QED) is 0.744. The lowest BCUT2D eigenvalue weighted by Crippen LogP contribution is -2.35. The number of likely N-dealkylation sites (N-methyl/N-ethyl adjacent to an activating group) is 1. The molecule has 0 fully saturated rings. The highest BCUT2D eigenvalue weighted by Gasteiger charge is 2.31. The molecule has 0 heterocycles. The van der Waals surface area contributed by atoms with E-state index in [4.69, 9.17) is 0 Å². The number of carbonyl (C=O) groups is 2. The SMILES string of the molecule is Cc1cc(Br)ccc1NC(=O)CN(C)C(=O)c1ccc(OC(F)(F)F)cc1. The van der Waals surface area contributed by atoms with Crippen LogP contribution in [0.15, 0.2) is 46.9 Å². The van der Waals surface area contributed by atoms with Gasteiger partial charge in [0.25, 0.3) is 5.91 Å². The van der Waals surface area contributed by atoms with E-state index in [1.165, 1.54) is 24.1 Å². The van der Waals surface area contributed by atoms with Crippen molar-refractivity contribution >= 4 is 33.4 Å². The van der Waals surface area contributed by atoms with Crippen LogP contribution < -0.4 is 10.1 Å². The molecule has 0 aliphatic rings. The first-order valence-electron chi connectivity index (χ1n) is 7.72. The van der Waals surface area contributed by atoms with Gasteiger partial charge in [-0.3, -0.25) is 9.59 Å². The highest BCUT2D eigenvalue weighted by Crippen LogP contribution is 2.23. The number of ether oxygens (including phenoxy) is 1. The maximum atomic E-state index is 12.3.